The molecular weight excluding hydrogens is 330 g/mol. The van der Waals surface area contributed by atoms with Gasteiger partial charge < -0.3 is 24.6 Å². The molecule has 1 aliphatic heterocycles. The van der Waals surface area contributed by atoms with Crippen LogP contribution in [-0.4, -0.2) is 75.5 Å². The van der Waals surface area contributed by atoms with Gasteiger partial charge in [0.2, 0.25) is 5.91 Å². The van der Waals surface area contributed by atoms with Gasteiger partial charge >= 0.3 is 0 Å². The zero-order valence-corrected chi connectivity index (χ0v) is 17.6. The topological polar surface area (TPSA) is 68.1 Å². The van der Waals surface area contributed by atoms with Crippen molar-refractivity contribution < 1.29 is 19.6 Å². The van der Waals surface area contributed by atoms with Gasteiger partial charge in [0, 0.05) is 38.4 Å². The van der Waals surface area contributed by atoms with Gasteiger partial charge in [0.05, 0.1) is 20.1 Å². The number of aliphatic carboxylic acids is 1. The Kier molecular flexibility index (Phi) is 9.04. The van der Waals surface area contributed by atoms with Crippen molar-refractivity contribution in [1.82, 2.24) is 9.80 Å². The fourth-order valence-electron chi connectivity index (χ4n) is 3.65. The van der Waals surface area contributed by atoms with E-state index < -0.39 is 5.97 Å². The zero-order valence-electron chi connectivity index (χ0n) is 17.6. The van der Waals surface area contributed by atoms with Gasteiger partial charge in [-0.05, 0) is 44.2 Å². The maximum absolute atomic E-state index is 12.6. The number of carboxylic acid groups (broad SMARTS) is 1. The van der Waals surface area contributed by atoms with Crippen molar-refractivity contribution in [2.75, 3.05) is 53.9 Å². The van der Waals surface area contributed by atoms with Gasteiger partial charge in [-0.25, -0.2) is 0 Å². The second-order valence-corrected chi connectivity index (χ2v) is 9.51. The molecule has 1 N–H and O–H groups in total. The van der Waals surface area contributed by atoms with Crippen molar-refractivity contribution in [3.63, 3.8) is 0 Å². The quantitative estimate of drug-likeness (QED) is 0.595. The zero-order chi connectivity index (χ0) is 19.9. The summed E-state index contributed by atoms with van der Waals surface area (Å²) in [6.07, 6.45) is 2.38. The number of rotatable bonds is 9. The van der Waals surface area contributed by atoms with Crippen LogP contribution in [0.15, 0.2) is 0 Å². The largest absolute Gasteiger partial charge is 0.550 e. The van der Waals surface area contributed by atoms with Crippen LogP contribution in [0.3, 0.4) is 0 Å². The van der Waals surface area contributed by atoms with E-state index in [1.54, 1.807) is 0 Å². The van der Waals surface area contributed by atoms with E-state index in [4.69, 9.17) is 0 Å². The molecule has 0 aliphatic carbocycles. The van der Waals surface area contributed by atoms with Crippen LogP contribution in [0.5, 0.6) is 0 Å². The Morgan fingerprint density at radius 2 is 1.85 bits per heavy atom. The van der Waals surface area contributed by atoms with Crippen LogP contribution < -0.4 is 10.0 Å². The third-order valence-corrected chi connectivity index (χ3v) is 5.28. The van der Waals surface area contributed by atoms with Crippen molar-refractivity contribution >= 4 is 11.9 Å². The first kappa shape index (κ1) is 22.9. The number of nitrogens with one attached hydrogen (secondary N) is 1. The smallest absolute Gasteiger partial charge is 0.223 e. The number of likely N-dealkylation sites (N-methyl/N-ethyl adjacent to an activating group) is 2. The number of hydrogen-bond acceptors (Lipinski definition) is 4. The van der Waals surface area contributed by atoms with Gasteiger partial charge in [-0.1, -0.05) is 20.8 Å². The molecule has 1 rings (SSSR count). The number of carbonyl (C=O) groups excluding carboxylic acids is 2. The lowest BCUT2D eigenvalue weighted by Gasteiger charge is -2.40. The average Bonchev–Trinajstić information content (AvgIpc) is 2.49. The van der Waals surface area contributed by atoms with E-state index in [0.29, 0.717) is 19.5 Å². The minimum Gasteiger partial charge on any atom is -0.550 e. The normalized spacial score (nSPS) is 22.5. The van der Waals surface area contributed by atoms with Crippen LogP contribution in [0.25, 0.3) is 0 Å². The Morgan fingerprint density at radius 1 is 1.19 bits per heavy atom. The first-order valence-electron chi connectivity index (χ1n) is 9.91. The molecule has 1 saturated heterocycles. The van der Waals surface area contributed by atoms with Crippen LogP contribution >= 0.6 is 0 Å². The van der Waals surface area contributed by atoms with Crippen molar-refractivity contribution in [3.05, 3.63) is 0 Å². The monoisotopic (exact) mass is 369 g/mol. The van der Waals surface area contributed by atoms with E-state index in [0.717, 1.165) is 32.5 Å². The highest BCUT2D eigenvalue weighted by Crippen LogP contribution is 2.30. The van der Waals surface area contributed by atoms with Gasteiger partial charge in [-0.3, -0.25) is 4.79 Å². The summed E-state index contributed by atoms with van der Waals surface area (Å²) in [7, 11) is 6.33. The van der Waals surface area contributed by atoms with Crippen LogP contribution in [0.4, 0.5) is 0 Å². The van der Waals surface area contributed by atoms with E-state index in [2.05, 4.69) is 46.8 Å². The molecule has 0 aromatic carbocycles. The Balaban J connectivity index is 2.64. The number of likely N-dealkylation sites (tertiary alicyclic amines) is 1. The molecule has 26 heavy (non-hydrogen) atoms. The Hall–Kier alpha value is -1.14. The van der Waals surface area contributed by atoms with E-state index in [1.807, 2.05) is 4.90 Å². The molecule has 0 aromatic heterocycles. The molecule has 0 saturated carbocycles. The average molecular weight is 370 g/mol. The van der Waals surface area contributed by atoms with Crippen LogP contribution in [0, 0.1) is 17.3 Å². The molecule has 0 radical (unpaired) electrons. The Morgan fingerprint density at radius 3 is 2.38 bits per heavy atom. The number of quaternary nitrogens is 1. The Labute approximate surface area is 159 Å². The van der Waals surface area contributed by atoms with Gasteiger partial charge in [-0.15, -0.1) is 0 Å². The summed E-state index contributed by atoms with van der Waals surface area (Å²) in [6.45, 7) is 10.7. The highest BCUT2D eigenvalue weighted by atomic mass is 16.4. The molecule has 1 aliphatic rings. The van der Waals surface area contributed by atoms with Gasteiger partial charge in [0.25, 0.3) is 0 Å². The number of carboxylic acids is 1. The van der Waals surface area contributed by atoms with Crippen molar-refractivity contribution in [3.8, 4) is 0 Å². The van der Waals surface area contributed by atoms with Crippen molar-refractivity contribution in [1.29, 1.82) is 0 Å². The first-order valence-corrected chi connectivity index (χ1v) is 9.91. The molecule has 6 nitrogen and oxygen atoms in total. The molecular formula is C20H39N3O3. The molecule has 152 valence electrons. The van der Waals surface area contributed by atoms with Gasteiger partial charge in [-0.2, -0.15) is 0 Å². The van der Waals surface area contributed by atoms with E-state index in [9.17, 15) is 14.7 Å². The van der Waals surface area contributed by atoms with Crippen LogP contribution in [-0.2, 0) is 9.59 Å². The molecule has 1 unspecified atom stereocenters. The predicted octanol–water partition coefficient (Wildman–Crippen LogP) is -0.506. The third-order valence-electron chi connectivity index (χ3n) is 5.28. The SMILES string of the molecule is CN(C)CC[NH+](C)CC[C@H]1CN(C(=O)CC(C)(C)C)CC[C@H]1CC(=O)[O-]. The van der Waals surface area contributed by atoms with Gasteiger partial charge in [0.1, 0.15) is 0 Å². The fraction of sp³-hybridized carbons (Fsp3) is 0.900. The van der Waals surface area contributed by atoms with Crippen molar-refractivity contribution in [2.24, 2.45) is 17.3 Å². The second kappa shape index (κ2) is 10.3. The van der Waals surface area contributed by atoms with Crippen molar-refractivity contribution in [2.45, 2.75) is 46.5 Å². The van der Waals surface area contributed by atoms with E-state index >= 15 is 0 Å². The van der Waals surface area contributed by atoms with E-state index in [1.165, 1.54) is 4.90 Å². The van der Waals surface area contributed by atoms with E-state index in [-0.39, 0.29) is 29.6 Å². The number of nitrogens with zero attached hydrogens (tertiary/aromatic N) is 2. The molecule has 0 aromatic rings. The summed E-state index contributed by atoms with van der Waals surface area (Å²) in [5, 5.41) is 11.1. The standard InChI is InChI=1S/C20H39N3O3/c1-20(2,3)14-18(24)23-10-8-16(13-19(25)26)17(15-23)7-9-22(6)12-11-21(4)5/h16-17H,7-15H2,1-6H3,(H,25,26)/t16-,17-/m0/s1. The summed E-state index contributed by atoms with van der Waals surface area (Å²) in [5.74, 6) is -0.398. The summed E-state index contributed by atoms with van der Waals surface area (Å²) >= 11 is 0. The summed E-state index contributed by atoms with van der Waals surface area (Å²) < 4.78 is 0. The first-order chi connectivity index (χ1) is 12.0. The number of amides is 1. The Bertz CT molecular complexity index is 460. The highest BCUT2D eigenvalue weighted by molar-refractivity contribution is 5.77. The summed E-state index contributed by atoms with van der Waals surface area (Å²) in [6, 6.07) is 0. The molecule has 1 heterocycles. The minimum atomic E-state index is -0.970. The molecule has 1 amide bonds. The maximum atomic E-state index is 12.6. The minimum absolute atomic E-state index is 0.0229. The number of hydrogen-bond donors (Lipinski definition) is 1. The fourth-order valence-corrected chi connectivity index (χ4v) is 3.65. The molecule has 1 fully saturated rings. The van der Waals surface area contributed by atoms with Gasteiger partial charge in [0.15, 0.2) is 0 Å². The van der Waals surface area contributed by atoms with Crippen LogP contribution in [0.2, 0.25) is 0 Å². The second-order valence-electron chi connectivity index (χ2n) is 9.51. The lowest BCUT2D eigenvalue weighted by atomic mass is 9.80. The molecule has 6 heteroatoms. The highest BCUT2D eigenvalue weighted by Gasteiger charge is 2.33. The molecule has 0 bridgehead atoms. The number of piperidine rings is 1. The predicted molar refractivity (Wildman–Crippen MR) is 102 cm³/mol. The molecule has 3 atom stereocenters. The maximum Gasteiger partial charge on any atom is 0.223 e. The lowest BCUT2D eigenvalue weighted by molar-refractivity contribution is -0.879. The number of carbonyl (C=O) groups is 2. The van der Waals surface area contributed by atoms with Crippen LogP contribution in [0.1, 0.15) is 46.5 Å². The molecule has 0 spiro atoms. The summed E-state index contributed by atoms with van der Waals surface area (Å²) in [4.78, 5) is 29.3. The third kappa shape index (κ3) is 8.99. The lowest BCUT2D eigenvalue weighted by Crippen LogP contribution is -3.09. The summed E-state index contributed by atoms with van der Waals surface area (Å²) in [5.41, 5.74) is -0.0229.